The van der Waals surface area contributed by atoms with Crippen LogP contribution in [-0.4, -0.2) is 22.4 Å². The molecule has 0 fully saturated rings. The second kappa shape index (κ2) is 9.82. The summed E-state index contributed by atoms with van der Waals surface area (Å²) in [5.74, 6) is -0.971. The molecule has 164 valence electrons. The zero-order valence-corrected chi connectivity index (χ0v) is 18.2. The molecule has 4 aromatic rings. The predicted octanol–water partition coefficient (Wildman–Crippen LogP) is 5.34. The summed E-state index contributed by atoms with van der Waals surface area (Å²) in [6.07, 6.45) is 2.58. The Morgan fingerprint density at radius 3 is 2.66 bits per heavy atom. The maximum atomic E-state index is 13.9. The molecule has 0 spiro atoms. The lowest BCUT2D eigenvalue weighted by molar-refractivity contribution is -0.121. The fourth-order valence-corrected chi connectivity index (χ4v) is 3.85. The lowest BCUT2D eigenvalue weighted by Gasteiger charge is -2.05. The zero-order chi connectivity index (χ0) is 22.5. The Labute approximate surface area is 188 Å². The Balaban J connectivity index is 1.22. The van der Waals surface area contributed by atoms with E-state index in [2.05, 4.69) is 15.3 Å². The van der Waals surface area contributed by atoms with Gasteiger partial charge in [-0.1, -0.05) is 24.3 Å². The number of thiazole rings is 1. The predicted molar refractivity (Wildman–Crippen MR) is 119 cm³/mol. The number of nitrogens with one attached hydrogen (secondary N) is 1. The molecule has 1 N–H and O–H groups in total. The van der Waals surface area contributed by atoms with E-state index in [-0.39, 0.29) is 30.1 Å². The molecule has 0 saturated heterocycles. The molecule has 1 amide bonds. The van der Waals surface area contributed by atoms with Crippen LogP contribution < -0.4 is 5.32 Å². The van der Waals surface area contributed by atoms with Crippen LogP contribution in [0.5, 0.6) is 0 Å². The van der Waals surface area contributed by atoms with Crippen molar-refractivity contribution in [2.45, 2.75) is 26.2 Å². The summed E-state index contributed by atoms with van der Waals surface area (Å²) in [4.78, 5) is 20.7. The van der Waals surface area contributed by atoms with Crippen molar-refractivity contribution in [3.63, 3.8) is 0 Å². The monoisotopic (exact) mass is 453 g/mol. The van der Waals surface area contributed by atoms with Gasteiger partial charge in [-0.25, -0.2) is 18.7 Å². The smallest absolute Gasteiger partial charge is 0.220 e. The Kier molecular flexibility index (Phi) is 6.70. The maximum Gasteiger partial charge on any atom is 0.220 e. The first kappa shape index (κ1) is 21.8. The van der Waals surface area contributed by atoms with E-state index in [1.54, 1.807) is 11.3 Å². The van der Waals surface area contributed by atoms with Gasteiger partial charge in [0.05, 0.1) is 22.5 Å². The number of halogens is 2. The number of aryl methyl sites for hydroxylation is 2. The summed E-state index contributed by atoms with van der Waals surface area (Å²) in [6.45, 7) is 2.50. The van der Waals surface area contributed by atoms with E-state index in [1.165, 1.54) is 12.3 Å². The summed E-state index contributed by atoms with van der Waals surface area (Å²) in [5, 5.41) is 5.96. The van der Waals surface area contributed by atoms with Crippen LogP contribution in [0.2, 0.25) is 0 Å². The molecule has 2 aromatic carbocycles. The van der Waals surface area contributed by atoms with Crippen molar-refractivity contribution in [2.24, 2.45) is 0 Å². The Morgan fingerprint density at radius 2 is 1.94 bits per heavy atom. The number of hydrogen-bond donors (Lipinski definition) is 1. The van der Waals surface area contributed by atoms with Crippen molar-refractivity contribution < 1.29 is 18.0 Å². The number of amides is 1. The fourth-order valence-electron chi connectivity index (χ4n) is 3.23. The minimum absolute atomic E-state index is 0.118. The van der Waals surface area contributed by atoms with Gasteiger partial charge in [0.25, 0.3) is 0 Å². The van der Waals surface area contributed by atoms with Crippen molar-refractivity contribution in [1.82, 2.24) is 15.3 Å². The third kappa shape index (κ3) is 5.45. The van der Waals surface area contributed by atoms with Crippen LogP contribution in [0.25, 0.3) is 22.6 Å². The zero-order valence-electron chi connectivity index (χ0n) is 17.4. The van der Waals surface area contributed by atoms with Crippen LogP contribution in [0.3, 0.4) is 0 Å². The van der Waals surface area contributed by atoms with Crippen LogP contribution in [0.15, 0.2) is 58.5 Å². The van der Waals surface area contributed by atoms with E-state index in [4.69, 9.17) is 4.42 Å². The second-order valence-corrected chi connectivity index (χ2v) is 8.35. The second-order valence-electron chi connectivity index (χ2n) is 7.29. The molecule has 0 bridgehead atoms. The highest BCUT2D eigenvalue weighted by Crippen LogP contribution is 2.25. The van der Waals surface area contributed by atoms with Crippen molar-refractivity contribution in [2.75, 3.05) is 6.54 Å². The number of oxazole rings is 1. The molecule has 2 aromatic heterocycles. The van der Waals surface area contributed by atoms with E-state index in [9.17, 15) is 13.6 Å². The summed E-state index contributed by atoms with van der Waals surface area (Å²) in [6, 6.07) is 11.4. The van der Waals surface area contributed by atoms with Crippen LogP contribution >= 0.6 is 11.3 Å². The average Bonchev–Trinajstić information content (AvgIpc) is 3.42. The first-order chi connectivity index (χ1) is 15.5. The third-order valence-electron chi connectivity index (χ3n) is 4.92. The molecule has 0 atom stereocenters. The van der Waals surface area contributed by atoms with Gasteiger partial charge in [0, 0.05) is 36.4 Å². The highest BCUT2D eigenvalue weighted by atomic mass is 32.1. The molecule has 8 heteroatoms. The normalized spacial score (nSPS) is 11.0. The van der Waals surface area contributed by atoms with Gasteiger partial charge in [-0.15, -0.1) is 11.3 Å². The first-order valence-corrected chi connectivity index (χ1v) is 11.0. The third-order valence-corrected chi connectivity index (χ3v) is 5.69. The molecular weight excluding hydrogens is 432 g/mol. The standard InChI is InChI=1S/C24H21F2N3O2S/c1-15-29-21(14-32-15)17-4-2-16(3-5-17)10-11-27-23(30)8-9-24-28-13-22(31-24)19-7-6-18(25)12-20(19)26/h2-7,12-14H,8-11H2,1H3,(H,27,30). The maximum absolute atomic E-state index is 13.9. The Bertz CT molecular complexity index is 1220. The molecule has 0 unspecified atom stereocenters. The molecule has 2 heterocycles. The quantitative estimate of drug-likeness (QED) is 0.391. The summed E-state index contributed by atoms with van der Waals surface area (Å²) >= 11 is 1.62. The van der Waals surface area contributed by atoms with Crippen LogP contribution in [0.4, 0.5) is 8.78 Å². The number of nitrogens with zero attached hydrogens (tertiary/aromatic N) is 2. The van der Waals surface area contributed by atoms with Crippen molar-refractivity contribution >= 4 is 17.2 Å². The fraction of sp³-hybridized carbons (Fsp3) is 0.208. The summed E-state index contributed by atoms with van der Waals surface area (Å²) in [7, 11) is 0. The molecule has 5 nitrogen and oxygen atoms in total. The van der Waals surface area contributed by atoms with Crippen LogP contribution in [0, 0.1) is 18.6 Å². The molecule has 4 rings (SSSR count). The van der Waals surface area contributed by atoms with Gasteiger partial charge in [0.2, 0.25) is 5.91 Å². The van der Waals surface area contributed by atoms with E-state index < -0.39 is 11.6 Å². The number of rotatable bonds is 8. The molecule has 0 aliphatic rings. The van der Waals surface area contributed by atoms with E-state index in [0.29, 0.717) is 12.4 Å². The largest absolute Gasteiger partial charge is 0.441 e. The van der Waals surface area contributed by atoms with Gasteiger partial charge >= 0.3 is 0 Å². The van der Waals surface area contributed by atoms with Gasteiger partial charge < -0.3 is 9.73 Å². The van der Waals surface area contributed by atoms with E-state index in [1.807, 2.05) is 36.6 Å². The number of hydrogen-bond acceptors (Lipinski definition) is 5. The number of benzene rings is 2. The number of aromatic nitrogens is 2. The van der Waals surface area contributed by atoms with Gasteiger partial charge in [-0.05, 0) is 31.0 Å². The van der Waals surface area contributed by atoms with Gasteiger partial charge in [-0.3, -0.25) is 4.79 Å². The summed E-state index contributed by atoms with van der Waals surface area (Å²) < 4.78 is 32.4. The Hall–Kier alpha value is -3.39. The SMILES string of the molecule is Cc1nc(-c2ccc(CCNC(=O)CCc3ncc(-c4ccc(F)cc4F)o3)cc2)cs1. The lowest BCUT2D eigenvalue weighted by atomic mass is 10.1. The molecule has 0 aliphatic carbocycles. The molecule has 0 aliphatic heterocycles. The minimum atomic E-state index is -0.722. The average molecular weight is 454 g/mol. The van der Waals surface area contributed by atoms with E-state index >= 15 is 0 Å². The molecule has 0 radical (unpaired) electrons. The number of carbonyl (C=O) groups excluding carboxylic acids is 1. The summed E-state index contributed by atoms with van der Waals surface area (Å²) in [5.41, 5.74) is 3.31. The van der Waals surface area contributed by atoms with E-state index in [0.717, 1.165) is 40.4 Å². The van der Waals surface area contributed by atoms with Crippen molar-refractivity contribution in [3.05, 3.63) is 82.1 Å². The van der Waals surface area contributed by atoms with Gasteiger partial charge in [0.1, 0.15) is 11.6 Å². The highest BCUT2D eigenvalue weighted by Gasteiger charge is 2.13. The molecular formula is C24H21F2N3O2S. The first-order valence-electron chi connectivity index (χ1n) is 10.2. The lowest BCUT2D eigenvalue weighted by Crippen LogP contribution is -2.25. The number of carbonyl (C=O) groups is 1. The van der Waals surface area contributed by atoms with Crippen molar-refractivity contribution in [3.8, 4) is 22.6 Å². The van der Waals surface area contributed by atoms with Crippen LogP contribution in [-0.2, 0) is 17.6 Å². The van der Waals surface area contributed by atoms with Crippen LogP contribution in [0.1, 0.15) is 22.9 Å². The molecule has 0 saturated carbocycles. The Morgan fingerprint density at radius 1 is 1.12 bits per heavy atom. The highest BCUT2D eigenvalue weighted by molar-refractivity contribution is 7.09. The van der Waals surface area contributed by atoms with Gasteiger partial charge in [-0.2, -0.15) is 0 Å². The van der Waals surface area contributed by atoms with Gasteiger partial charge in [0.15, 0.2) is 11.7 Å². The topological polar surface area (TPSA) is 68.0 Å². The molecule has 32 heavy (non-hydrogen) atoms. The minimum Gasteiger partial charge on any atom is -0.441 e. The van der Waals surface area contributed by atoms with Crippen molar-refractivity contribution in [1.29, 1.82) is 0 Å².